The molecule has 0 aromatic heterocycles. The van der Waals surface area contributed by atoms with Gasteiger partial charge in [-0.15, -0.1) is 24.0 Å². The summed E-state index contributed by atoms with van der Waals surface area (Å²) in [5, 5.41) is 16.5. The number of halogens is 1. The zero-order valence-electron chi connectivity index (χ0n) is 18.5. The summed E-state index contributed by atoms with van der Waals surface area (Å²) >= 11 is 0. The maximum Gasteiger partial charge on any atom is 0.191 e. The lowest BCUT2D eigenvalue weighted by Gasteiger charge is -2.29. The third-order valence-electron chi connectivity index (χ3n) is 5.77. The van der Waals surface area contributed by atoms with Crippen LogP contribution in [0, 0.1) is 5.92 Å². The van der Waals surface area contributed by atoms with Crippen LogP contribution in [0.4, 0.5) is 0 Å². The Kier molecular flexibility index (Phi) is 13.6. The molecule has 0 saturated carbocycles. The van der Waals surface area contributed by atoms with Crippen LogP contribution >= 0.6 is 24.0 Å². The molecule has 1 unspecified atom stereocenters. The normalized spacial score (nSPS) is 16.9. The van der Waals surface area contributed by atoms with E-state index in [1.807, 2.05) is 7.05 Å². The van der Waals surface area contributed by atoms with Crippen molar-refractivity contribution < 1.29 is 5.11 Å². The van der Waals surface area contributed by atoms with Gasteiger partial charge in [0.25, 0.3) is 0 Å². The summed E-state index contributed by atoms with van der Waals surface area (Å²) in [6, 6.07) is 8.83. The van der Waals surface area contributed by atoms with Crippen molar-refractivity contribution in [3.63, 3.8) is 0 Å². The third kappa shape index (κ3) is 10.1. The molecule has 2 rings (SSSR count). The highest BCUT2D eigenvalue weighted by atomic mass is 127. The molecule has 1 atom stereocenters. The standard InChI is InChI=1S/C23H40N4O.HI/c1-4-6-7-19(5-2)16-25-23(24-3)26-17-20-8-10-21(11-9-20)18-27-14-12-22(28)13-15-27;/h8-11,19,22,28H,4-7,12-18H2,1-3H3,(H2,24,25,26);1H. The summed E-state index contributed by atoms with van der Waals surface area (Å²) in [6.45, 7) is 9.24. The van der Waals surface area contributed by atoms with Gasteiger partial charge in [0.1, 0.15) is 0 Å². The highest BCUT2D eigenvalue weighted by molar-refractivity contribution is 14.0. The molecule has 166 valence electrons. The first-order chi connectivity index (χ1) is 13.6. The Hall–Kier alpha value is -0.860. The number of benzene rings is 1. The van der Waals surface area contributed by atoms with Gasteiger partial charge in [-0.25, -0.2) is 0 Å². The van der Waals surface area contributed by atoms with Crippen molar-refractivity contribution in [2.45, 2.75) is 71.6 Å². The number of unbranched alkanes of at least 4 members (excludes halogenated alkanes) is 1. The van der Waals surface area contributed by atoms with E-state index in [2.05, 4.69) is 58.6 Å². The van der Waals surface area contributed by atoms with Crippen LogP contribution in [-0.4, -0.2) is 48.8 Å². The van der Waals surface area contributed by atoms with E-state index < -0.39 is 0 Å². The van der Waals surface area contributed by atoms with Gasteiger partial charge in [0, 0.05) is 39.8 Å². The van der Waals surface area contributed by atoms with Gasteiger partial charge in [-0.2, -0.15) is 0 Å². The van der Waals surface area contributed by atoms with E-state index >= 15 is 0 Å². The molecule has 1 heterocycles. The van der Waals surface area contributed by atoms with Crippen LogP contribution in [0.5, 0.6) is 0 Å². The van der Waals surface area contributed by atoms with Crippen molar-refractivity contribution in [3.8, 4) is 0 Å². The fourth-order valence-electron chi connectivity index (χ4n) is 3.69. The Balaban J connectivity index is 0.00000420. The van der Waals surface area contributed by atoms with E-state index in [4.69, 9.17) is 0 Å². The highest BCUT2D eigenvalue weighted by Crippen LogP contribution is 2.14. The van der Waals surface area contributed by atoms with E-state index in [-0.39, 0.29) is 30.1 Å². The lowest BCUT2D eigenvalue weighted by molar-refractivity contribution is 0.0792. The van der Waals surface area contributed by atoms with E-state index in [9.17, 15) is 5.11 Å². The fraction of sp³-hybridized carbons (Fsp3) is 0.696. The van der Waals surface area contributed by atoms with Crippen molar-refractivity contribution in [2.24, 2.45) is 10.9 Å². The number of rotatable bonds is 10. The molecule has 1 aliphatic heterocycles. The predicted molar refractivity (Wildman–Crippen MR) is 134 cm³/mol. The van der Waals surface area contributed by atoms with E-state index in [1.165, 1.54) is 36.8 Å². The number of nitrogens with zero attached hydrogens (tertiary/aromatic N) is 2. The number of guanidine groups is 1. The minimum absolute atomic E-state index is 0. The van der Waals surface area contributed by atoms with Crippen molar-refractivity contribution >= 4 is 29.9 Å². The number of aliphatic imine (C=N–C) groups is 1. The van der Waals surface area contributed by atoms with Gasteiger partial charge >= 0.3 is 0 Å². The van der Waals surface area contributed by atoms with Crippen LogP contribution in [0.2, 0.25) is 0 Å². The van der Waals surface area contributed by atoms with Crippen LogP contribution < -0.4 is 10.6 Å². The highest BCUT2D eigenvalue weighted by Gasteiger charge is 2.16. The van der Waals surface area contributed by atoms with Crippen LogP contribution in [-0.2, 0) is 13.1 Å². The average molecular weight is 517 g/mol. The molecule has 5 nitrogen and oxygen atoms in total. The lowest BCUT2D eigenvalue weighted by Crippen LogP contribution is -2.39. The Labute approximate surface area is 194 Å². The molecule has 1 aromatic rings. The molecule has 29 heavy (non-hydrogen) atoms. The fourth-order valence-corrected chi connectivity index (χ4v) is 3.69. The summed E-state index contributed by atoms with van der Waals surface area (Å²) in [7, 11) is 1.83. The number of hydrogen-bond acceptors (Lipinski definition) is 3. The second-order valence-corrected chi connectivity index (χ2v) is 8.05. The molecule has 1 aromatic carbocycles. The number of aliphatic hydroxyl groups excluding tert-OH is 1. The molecule has 0 bridgehead atoms. The van der Waals surface area contributed by atoms with Crippen LogP contribution in [0.25, 0.3) is 0 Å². The molecule has 0 radical (unpaired) electrons. The topological polar surface area (TPSA) is 59.9 Å². The first-order valence-electron chi connectivity index (χ1n) is 11.1. The van der Waals surface area contributed by atoms with Crippen molar-refractivity contribution in [3.05, 3.63) is 35.4 Å². The first-order valence-corrected chi connectivity index (χ1v) is 11.1. The van der Waals surface area contributed by atoms with E-state index in [0.717, 1.165) is 51.5 Å². The Morgan fingerprint density at radius 1 is 1.14 bits per heavy atom. The molecule has 0 spiro atoms. The largest absolute Gasteiger partial charge is 0.393 e. The number of likely N-dealkylation sites (tertiary alicyclic amines) is 1. The maximum atomic E-state index is 9.63. The zero-order chi connectivity index (χ0) is 20.2. The molecule has 1 aliphatic rings. The average Bonchev–Trinajstić information content (AvgIpc) is 2.73. The van der Waals surface area contributed by atoms with Gasteiger partial charge in [0.05, 0.1) is 6.10 Å². The quantitative estimate of drug-likeness (QED) is 0.249. The van der Waals surface area contributed by atoms with Crippen LogP contribution in [0.1, 0.15) is 63.5 Å². The number of piperidine rings is 1. The monoisotopic (exact) mass is 516 g/mol. The predicted octanol–water partition coefficient (Wildman–Crippen LogP) is 4.14. The summed E-state index contributed by atoms with van der Waals surface area (Å²) < 4.78 is 0. The molecule has 0 amide bonds. The van der Waals surface area contributed by atoms with Gasteiger partial charge in [0.15, 0.2) is 5.96 Å². The van der Waals surface area contributed by atoms with Gasteiger partial charge in [-0.3, -0.25) is 9.89 Å². The van der Waals surface area contributed by atoms with Crippen molar-refractivity contribution in [1.29, 1.82) is 0 Å². The molecular weight excluding hydrogens is 475 g/mol. The summed E-state index contributed by atoms with van der Waals surface area (Å²) in [5.41, 5.74) is 2.60. The molecule has 1 fully saturated rings. The lowest BCUT2D eigenvalue weighted by atomic mass is 9.99. The van der Waals surface area contributed by atoms with Crippen LogP contribution in [0.3, 0.4) is 0 Å². The number of nitrogens with one attached hydrogen (secondary N) is 2. The van der Waals surface area contributed by atoms with E-state index in [1.54, 1.807) is 0 Å². The second kappa shape index (κ2) is 15.0. The van der Waals surface area contributed by atoms with Gasteiger partial charge in [-0.05, 0) is 36.3 Å². The Bertz CT molecular complexity index is 571. The minimum atomic E-state index is -0.105. The third-order valence-corrected chi connectivity index (χ3v) is 5.77. The van der Waals surface area contributed by atoms with Gasteiger partial charge < -0.3 is 15.7 Å². The molecule has 1 saturated heterocycles. The molecule has 6 heteroatoms. The van der Waals surface area contributed by atoms with Gasteiger partial charge in [-0.1, -0.05) is 57.4 Å². The summed E-state index contributed by atoms with van der Waals surface area (Å²) in [5.74, 6) is 1.60. The number of hydrogen-bond donors (Lipinski definition) is 3. The Morgan fingerprint density at radius 2 is 1.79 bits per heavy atom. The maximum absolute atomic E-state index is 9.63. The SMILES string of the molecule is CCCCC(CC)CNC(=NC)NCc1ccc(CN2CCC(O)CC2)cc1.I. The zero-order valence-corrected chi connectivity index (χ0v) is 20.8. The minimum Gasteiger partial charge on any atom is -0.393 e. The summed E-state index contributed by atoms with van der Waals surface area (Å²) in [4.78, 5) is 6.78. The first kappa shape index (κ1) is 26.2. The smallest absolute Gasteiger partial charge is 0.191 e. The Morgan fingerprint density at radius 3 is 2.38 bits per heavy atom. The number of aliphatic hydroxyl groups is 1. The van der Waals surface area contributed by atoms with Gasteiger partial charge in [0.2, 0.25) is 0 Å². The second-order valence-electron chi connectivity index (χ2n) is 8.05. The molecular formula is C23H41IN4O. The van der Waals surface area contributed by atoms with Crippen LogP contribution in [0.15, 0.2) is 29.3 Å². The molecule has 0 aliphatic carbocycles. The van der Waals surface area contributed by atoms with E-state index in [0.29, 0.717) is 5.92 Å². The van der Waals surface area contributed by atoms with Crippen molar-refractivity contribution in [2.75, 3.05) is 26.7 Å². The molecule has 3 N–H and O–H groups in total. The van der Waals surface area contributed by atoms with Crippen molar-refractivity contribution in [1.82, 2.24) is 15.5 Å². The summed E-state index contributed by atoms with van der Waals surface area (Å²) in [6.07, 6.45) is 6.75.